The molecule has 1 saturated carbocycles. The Balaban J connectivity index is 1.14. The fourth-order valence-corrected chi connectivity index (χ4v) is 11.8. The number of nitrogens with zero attached hydrogens (tertiary/aromatic N) is 3. The molecule has 1 amide bonds. The Bertz CT molecular complexity index is 1860. The van der Waals surface area contributed by atoms with Gasteiger partial charge in [0.15, 0.2) is 6.29 Å². The number of halogens is 1. The van der Waals surface area contributed by atoms with Gasteiger partial charge in [0.2, 0.25) is 0 Å². The van der Waals surface area contributed by atoms with E-state index in [4.69, 9.17) is 30.5 Å². The first-order valence-corrected chi connectivity index (χ1v) is 22.5. The summed E-state index contributed by atoms with van der Waals surface area (Å²) in [5.74, 6) is 5.15. The number of allylic oxidation sites excluding steroid dienone is 1. The van der Waals surface area contributed by atoms with Crippen LogP contribution in [0.1, 0.15) is 67.4 Å². The van der Waals surface area contributed by atoms with Crippen molar-refractivity contribution in [2.75, 3.05) is 84.2 Å². The highest BCUT2D eigenvalue weighted by molar-refractivity contribution is 7.99. The van der Waals surface area contributed by atoms with Crippen molar-refractivity contribution in [2.24, 2.45) is 17.8 Å². The summed E-state index contributed by atoms with van der Waals surface area (Å²) in [7, 11) is -1.08. The molecular formula is C43H59ClN4O6S. The highest BCUT2D eigenvalue weighted by Gasteiger charge is 2.50. The average Bonchev–Trinajstić information content (AvgIpc) is 3.62. The highest BCUT2D eigenvalue weighted by Crippen LogP contribution is 2.49. The molecule has 6 aliphatic rings. The second kappa shape index (κ2) is 16.0. The molecule has 1 unspecified atom stereocenters. The molecule has 1 spiro atoms. The summed E-state index contributed by atoms with van der Waals surface area (Å²) < 4.78 is 41.9. The first-order chi connectivity index (χ1) is 26.5. The van der Waals surface area contributed by atoms with E-state index in [1.54, 1.807) is 6.07 Å². The van der Waals surface area contributed by atoms with Crippen molar-refractivity contribution in [2.45, 2.75) is 74.9 Å². The normalized spacial score (nSPS) is 35.6. The van der Waals surface area contributed by atoms with Crippen LogP contribution in [0.15, 0.2) is 48.6 Å². The summed E-state index contributed by atoms with van der Waals surface area (Å²) in [4.78, 5) is 21.3. The minimum absolute atomic E-state index is 0.0187. The van der Waals surface area contributed by atoms with Gasteiger partial charge < -0.3 is 23.8 Å². The van der Waals surface area contributed by atoms with Crippen molar-refractivity contribution in [1.29, 1.82) is 0 Å². The molecule has 0 radical (unpaired) electrons. The van der Waals surface area contributed by atoms with Gasteiger partial charge in [-0.15, -0.1) is 0 Å². The van der Waals surface area contributed by atoms with Crippen LogP contribution in [0.2, 0.25) is 5.02 Å². The van der Waals surface area contributed by atoms with Crippen molar-refractivity contribution in [3.63, 3.8) is 0 Å². The molecule has 8 rings (SSSR count). The number of anilines is 1. The van der Waals surface area contributed by atoms with Crippen LogP contribution in [0.25, 0.3) is 0 Å². The van der Waals surface area contributed by atoms with Gasteiger partial charge in [0.05, 0.1) is 35.2 Å². The molecule has 55 heavy (non-hydrogen) atoms. The van der Waals surface area contributed by atoms with Crippen LogP contribution in [0.3, 0.4) is 0 Å². The van der Waals surface area contributed by atoms with E-state index in [1.807, 2.05) is 32.2 Å². The first kappa shape index (κ1) is 39.2. The molecule has 2 saturated heterocycles. The number of methoxy groups -OCH3 is 1. The molecule has 7 atom stereocenters. The van der Waals surface area contributed by atoms with Gasteiger partial charge in [0.1, 0.15) is 11.4 Å². The van der Waals surface area contributed by atoms with Crippen LogP contribution in [0.4, 0.5) is 5.69 Å². The van der Waals surface area contributed by atoms with Gasteiger partial charge in [0.25, 0.3) is 5.91 Å². The van der Waals surface area contributed by atoms with Crippen LogP contribution >= 0.6 is 11.6 Å². The van der Waals surface area contributed by atoms with Gasteiger partial charge in [-0.1, -0.05) is 36.7 Å². The average molecular weight is 795 g/mol. The fourth-order valence-electron chi connectivity index (χ4n) is 10.1. The summed E-state index contributed by atoms with van der Waals surface area (Å²) in [5.41, 5.74) is 3.24. The lowest BCUT2D eigenvalue weighted by atomic mass is 9.63. The van der Waals surface area contributed by atoms with Crippen molar-refractivity contribution in [3.8, 4) is 5.75 Å². The van der Waals surface area contributed by atoms with Gasteiger partial charge in [-0.05, 0) is 111 Å². The lowest BCUT2D eigenvalue weighted by Crippen LogP contribution is -2.59. The molecule has 1 N–H and O–H groups in total. The van der Waals surface area contributed by atoms with Crippen LogP contribution < -0.4 is 14.4 Å². The summed E-state index contributed by atoms with van der Waals surface area (Å²) in [6, 6.07) is 12.0. The Hall–Kier alpha value is -2.64. The number of aryl methyl sites for hydroxylation is 1. The number of fused-ring (bicyclic) bond motifs is 4. The molecule has 0 aromatic heterocycles. The third kappa shape index (κ3) is 7.96. The van der Waals surface area contributed by atoms with Gasteiger partial charge in [-0.2, -0.15) is 0 Å². The molecule has 3 fully saturated rings. The van der Waals surface area contributed by atoms with Gasteiger partial charge >= 0.3 is 0 Å². The van der Waals surface area contributed by atoms with Crippen LogP contribution in [-0.4, -0.2) is 122 Å². The SMILES string of the molecule is C=S1(=O)NC(=O)c2ccc3c(c2)N(C[C@@H]2CC[C@H]2[C@@](CN2CCN(CC4OCCO4)CC2)(OC)/C=C/C[C@H](C)[C@H]1C)C[C@@]1(CCCc2cc(Cl)ccc21)CO3. The predicted molar refractivity (Wildman–Crippen MR) is 220 cm³/mol. The lowest BCUT2D eigenvalue weighted by Gasteiger charge is -2.52. The van der Waals surface area contributed by atoms with Crippen molar-refractivity contribution in [1.82, 2.24) is 14.5 Å². The van der Waals surface area contributed by atoms with E-state index in [0.29, 0.717) is 37.7 Å². The second-order valence-electron chi connectivity index (χ2n) is 17.1. The number of piperazine rings is 1. The highest BCUT2D eigenvalue weighted by atomic mass is 35.5. The van der Waals surface area contributed by atoms with Crippen molar-refractivity contribution >= 4 is 38.8 Å². The van der Waals surface area contributed by atoms with Gasteiger partial charge in [0, 0.05) is 80.7 Å². The number of rotatable bonds is 5. The predicted octanol–water partition coefficient (Wildman–Crippen LogP) is 5.56. The molecule has 2 aromatic rings. The molecule has 4 heterocycles. The molecule has 300 valence electrons. The summed E-state index contributed by atoms with van der Waals surface area (Å²) in [6.07, 6.45) is 10.4. The zero-order chi connectivity index (χ0) is 38.4. The lowest BCUT2D eigenvalue weighted by molar-refractivity contribution is -0.101. The molecule has 2 aromatic carbocycles. The van der Waals surface area contributed by atoms with E-state index < -0.39 is 15.3 Å². The Morgan fingerprint density at radius 1 is 1.05 bits per heavy atom. The smallest absolute Gasteiger partial charge is 0.262 e. The van der Waals surface area contributed by atoms with E-state index in [2.05, 4.69) is 56.5 Å². The number of hydrogen-bond donors (Lipinski definition) is 1. The minimum atomic E-state index is -2.97. The van der Waals surface area contributed by atoms with E-state index in [0.717, 1.165) is 101 Å². The summed E-state index contributed by atoms with van der Waals surface area (Å²) >= 11 is 6.53. The third-order valence-electron chi connectivity index (χ3n) is 13.8. The largest absolute Gasteiger partial charge is 0.490 e. The first-order valence-electron chi connectivity index (χ1n) is 20.4. The third-order valence-corrected chi connectivity index (χ3v) is 16.2. The van der Waals surface area contributed by atoms with Gasteiger partial charge in [-0.3, -0.25) is 19.3 Å². The summed E-state index contributed by atoms with van der Waals surface area (Å²) in [5, 5.41) is 0.420. The standard InChI is InChI=1S/C43H59ClN4O6S/c1-30-7-5-16-43(51-3,28-47-19-17-46(18-20-47)26-40-52-21-22-53-40)37-12-9-34(37)25-48-27-42(15-6-8-32-23-35(44)11-13-36(32)42)29-54-39-14-10-33(24-38(39)48)41(49)45-55(4,50)31(30)2/h5,10-11,13-14,16,23-24,30-31,34,37,40H,4,6-9,12,15,17-22,25-29H2,1-3H3,(H,45,49,50)/b16-5+/t30-,31+,34-,37+,42-,43+,55?/m0/s1. The Morgan fingerprint density at radius 2 is 1.84 bits per heavy atom. The zero-order valence-electron chi connectivity index (χ0n) is 32.8. The topological polar surface area (TPSA) is 92.8 Å². The van der Waals surface area contributed by atoms with Crippen molar-refractivity contribution in [3.05, 3.63) is 70.3 Å². The number of carbonyl (C=O) groups is 1. The van der Waals surface area contributed by atoms with Crippen molar-refractivity contribution < 1.29 is 28.0 Å². The fraction of sp³-hybridized carbons (Fsp3) is 0.628. The van der Waals surface area contributed by atoms with Crippen LogP contribution in [-0.2, 0) is 35.8 Å². The van der Waals surface area contributed by atoms with E-state index in [1.165, 1.54) is 11.1 Å². The maximum atomic E-state index is 14.1. The molecule has 2 bridgehead atoms. The Labute approximate surface area is 333 Å². The Kier molecular flexibility index (Phi) is 11.4. The molecule has 10 nitrogen and oxygen atoms in total. The maximum Gasteiger partial charge on any atom is 0.262 e. The number of carbonyl (C=O) groups excluding carboxylic acids is 1. The monoisotopic (exact) mass is 794 g/mol. The number of benzene rings is 2. The summed E-state index contributed by atoms with van der Waals surface area (Å²) in [6.45, 7) is 12.9. The zero-order valence-corrected chi connectivity index (χ0v) is 34.4. The minimum Gasteiger partial charge on any atom is -0.490 e. The molecule has 12 heteroatoms. The Morgan fingerprint density at radius 3 is 2.58 bits per heavy atom. The quantitative estimate of drug-likeness (QED) is 0.309. The van der Waals surface area contributed by atoms with Crippen LogP contribution in [0, 0.1) is 17.8 Å². The van der Waals surface area contributed by atoms with E-state index in [-0.39, 0.29) is 34.7 Å². The van der Waals surface area contributed by atoms with E-state index >= 15 is 0 Å². The maximum absolute atomic E-state index is 14.1. The van der Waals surface area contributed by atoms with Gasteiger partial charge in [-0.25, -0.2) is 4.21 Å². The molecule has 4 aliphatic heterocycles. The molecular weight excluding hydrogens is 736 g/mol. The second-order valence-corrected chi connectivity index (χ2v) is 20.0. The number of hydrogen-bond acceptors (Lipinski definition) is 9. The number of ether oxygens (including phenoxy) is 4. The number of amides is 1. The van der Waals surface area contributed by atoms with Crippen LogP contribution in [0.5, 0.6) is 5.75 Å². The number of nitrogens with one attached hydrogen (secondary N) is 1. The molecule has 2 aliphatic carbocycles. The van der Waals surface area contributed by atoms with E-state index in [9.17, 15) is 9.00 Å².